The minimum atomic E-state index is -5.12. The lowest BCUT2D eigenvalue weighted by atomic mass is 10.1. The Labute approximate surface area is 174 Å². The highest BCUT2D eigenvalue weighted by Crippen LogP contribution is 2.35. The number of aromatic nitrogens is 2. The molecule has 0 radical (unpaired) electrons. The number of halogens is 4. The fraction of sp³-hybridized carbons (Fsp3) is 0.368. The van der Waals surface area contributed by atoms with Crippen LogP contribution < -0.4 is 0 Å². The van der Waals surface area contributed by atoms with Crippen molar-refractivity contribution in [3.05, 3.63) is 51.3 Å². The number of nitrogens with zero attached hydrogens (tertiary/aromatic N) is 2. The number of aryl methyl sites for hydroxylation is 1. The smallest absolute Gasteiger partial charge is 0.421 e. The van der Waals surface area contributed by atoms with Crippen molar-refractivity contribution in [3.63, 3.8) is 0 Å². The monoisotopic (exact) mass is 446 g/mol. The predicted molar refractivity (Wildman–Crippen MR) is 99.7 cm³/mol. The molecular weight excluding hydrogens is 429 g/mol. The largest absolute Gasteiger partial charge is 0.461 e. The summed E-state index contributed by atoms with van der Waals surface area (Å²) in [7, 11) is 0. The first-order valence-electron chi connectivity index (χ1n) is 8.82. The standard InChI is InChI=1S/C19H18ClF3N2O5/c1-4-29-17(27)15-14(19(21,22)23)16(18(28)30-5-2)25(24-15)9-13(26)11-6-7-12(20)10(3)8-11/h6-8H,4-5,9H2,1-3H3. The number of hydrogen-bond donors (Lipinski definition) is 0. The molecule has 0 aliphatic heterocycles. The van der Waals surface area contributed by atoms with Gasteiger partial charge in [0.1, 0.15) is 12.1 Å². The van der Waals surface area contributed by atoms with E-state index in [-0.39, 0.29) is 18.8 Å². The summed E-state index contributed by atoms with van der Waals surface area (Å²) in [5, 5.41) is 3.98. The molecule has 0 bridgehead atoms. The number of esters is 2. The molecule has 1 heterocycles. The highest BCUT2D eigenvalue weighted by atomic mass is 35.5. The predicted octanol–water partition coefficient (Wildman–Crippen LogP) is 4.10. The van der Waals surface area contributed by atoms with E-state index in [4.69, 9.17) is 16.3 Å². The minimum Gasteiger partial charge on any atom is -0.461 e. The molecule has 30 heavy (non-hydrogen) atoms. The number of benzene rings is 1. The molecule has 1 aromatic heterocycles. The van der Waals surface area contributed by atoms with E-state index in [0.29, 0.717) is 15.3 Å². The first-order valence-corrected chi connectivity index (χ1v) is 9.20. The van der Waals surface area contributed by atoms with Gasteiger partial charge in [0.05, 0.1) is 13.2 Å². The summed E-state index contributed by atoms with van der Waals surface area (Å²) in [4.78, 5) is 36.9. The number of Topliss-reactive ketones (excluding diaryl/α,β-unsaturated/α-hetero) is 1. The van der Waals surface area contributed by atoms with Gasteiger partial charge in [0, 0.05) is 10.6 Å². The molecule has 0 atom stereocenters. The van der Waals surface area contributed by atoms with Crippen LogP contribution in [0.4, 0.5) is 13.2 Å². The van der Waals surface area contributed by atoms with Gasteiger partial charge in [0.2, 0.25) is 0 Å². The third-order valence-corrected chi connectivity index (χ3v) is 4.37. The van der Waals surface area contributed by atoms with Crippen LogP contribution in [-0.2, 0) is 22.2 Å². The maximum Gasteiger partial charge on any atom is 0.421 e. The number of hydrogen-bond acceptors (Lipinski definition) is 6. The van der Waals surface area contributed by atoms with Crippen LogP contribution in [0.15, 0.2) is 18.2 Å². The Kier molecular flexibility index (Phi) is 7.25. The van der Waals surface area contributed by atoms with E-state index in [2.05, 4.69) is 9.84 Å². The molecule has 2 aromatic rings. The summed E-state index contributed by atoms with van der Waals surface area (Å²) >= 11 is 5.92. The van der Waals surface area contributed by atoms with Gasteiger partial charge in [-0.25, -0.2) is 14.3 Å². The van der Waals surface area contributed by atoms with Gasteiger partial charge in [-0.3, -0.25) is 4.79 Å². The van der Waals surface area contributed by atoms with Crippen LogP contribution in [0.25, 0.3) is 0 Å². The van der Waals surface area contributed by atoms with Crippen LogP contribution in [0.3, 0.4) is 0 Å². The molecular formula is C19H18ClF3N2O5. The molecule has 1 aromatic carbocycles. The van der Waals surface area contributed by atoms with Crippen LogP contribution >= 0.6 is 11.6 Å². The maximum atomic E-state index is 13.7. The topological polar surface area (TPSA) is 87.5 Å². The normalized spacial score (nSPS) is 11.3. The number of alkyl halides is 3. The van der Waals surface area contributed by atoms with E-state index in [1.54, 1.807) is 6.92 Å². The molecule has 0 fully saturated rings. The van der Waals surface area contributed by atoms with Crippen molar-refractivity contribution < 1.29 is 37.0 Å². The third-order valence-electron chi connectivity index (χ3n) is 3.95. The van der Waals surface area contributed by atoms with E-state index in [0.717, 1.165) is 0 Å². The first-order chi connectivity index (χ1) is 14.0. The van der Waals surface area contributed by atoms with Gasteiger partial charge in [-0.2, -0.15) is 18.3 Å². The molecule has 0 amide bonds. The van der Waals surface area contributed by atoms with Crippen LogP contribution in [0.1, 0.15) is 56.3 Å². The molecule has 0 saturated carbocycles. The van der Waals surface area contributed by atoms with E-state index >= 15 is 0 Å². The zero-order chi connectivity index (χ0) is 22.6. The van der Waals surface area contributed by atoms with Crippen molar-refractivity contribution >= 4 is 29.3 Å². The fourth-order valence-corrected chi connectivity index (χ4v) is 2.76. The number of rotatable bonds is 7. The highest BCUT2D eigenvalue weighted by Gasteiger charge is 2.45. The van der Waals surface area contributed by atoms with Crippen LogP contribution in [-0.4, -0.2) is 40.7 Å². The van der Waals surface area contributed by atoms with Crippen molar-refractivity contribution in [2.24, 2.45) is 0 Å². The first kappa shape index (κ1) is 23.4. The molecule has 11 heteroatoms. The lowest BCUT2D eigenvalue weighted by Gasteiger charge is -2.11. The third kappa shape index (κ3) is 4.99. The summed E-state index contributed by atoms with van der Waals surface area (Å²) < 4.78 is 51.0. The zero-order valence-corrected chi connectivity index (χ0v) is 17.1. The maximum absolute atomic E-state index is 13.7. The molecule has 0 aliphatic rings. The SMILES string of the molecule is CCOC(=O)c1nn(CC(=O)c2ccc(Cl)c(C)c2)c(C(=O)OCC)c1C(F)(F)F. The Balaban J connectivity index is 2.61. The van der Waals surface area contributed by atoms with Gasteiger partial charge in [0.25, 0.3) is 0 Å². The van der Waals surface area contributed by atoms with E-state index in [9.17, 15) is 27.6 Å². The molecule has 0 spiro atoms. The second-order valence-electron chi connectivity index (χ2n) is 6.06. The van der Waals surface area contributed by atoms with E-state index in [1.165, 1.54) is 32.0 Å². The fourth-order valence-electron chi connectivity index (χ4n) is 2.64. The van der Waals surface area contributed by atoms with Crippen molar-refractivity contribution in [1.82, 2.24) is 9.78 Å². The molecule has 0 saturated heterocycles. The van der Waals surface area contributed by atoms with Gasteiger partial charge >= 0.3 is 18.1 Å². The molecule has 0 unspecified atom stereocenters. The number of ether oxygens (including phenoxy) is 2. The van der Waals surface area contributed by atoms with Crippen LogP contribution in [0.5, 0.6) is 0 Å². The highest BCUT2D eigenvalue weighted by molar-refractivity contribution is 6.31. The average molecular weight is 447 g/mol. The molecule has 0 N–H and O–H groups in total. The van der Waals surface area contributed by atoms with Gasteiger partial charge in [-0.1, -0.05) is 11.6 Å². The van der Waals surface area contributed by atoms with Crippen molar-refractivity contribution in [3.8, 4) is 0 Å². The van der Waals surface area contributed by atoms with E-state index in [1.807, 2.05) is 0 Å². The van der Waals surface area contributed by atoms with Gasteiger partial charge < -0.3 is 9.47 Å². The second kappa shape index (κ2) is 9.29. The second-order valence-corrected chi connectivity index (χ2v) is 6.46. The van der Waals surface area contributed by atoms with Crippen molar-refractivity contribution in [2.45, 2.75) is 33.5 Å². The summed E-state index contributed by atoms with van der Waals surface area (Å²) in [6, 6.07) is 4.31. The van der Waals surface area contributed by atoms with Crippen LogP contribution in [0, 0.1) is 6.92 Å². The van der Waals surface area contributed by atoms with Gasteiger partial charge in [-0.15, -0.1) is 0 Å². The Morgan fingerprint density at radius 1 is 1.10 bits per heavy atom. The summed E-state index contributed by atoms with van der Waals surface area (Å²) in [6.07, 6.45) is -5.12. The zero-order valence-electron chi connectivity index (χ0n) is 16.3. The van der Waals surface area contributed by atoms with Crippen molar-refractivity contribution in [1.29, 1.82) is 0 Å². The van der Waals surface area contributed by atoms with Gasteiger partial charge in [0.15, 0.2) is 17.2 Å². The Hall–Kier alpha value is -2.88. The quantitative estimate of drug-likeness (QED) is 0.470. The molecule has 2 rings (SSSR count). The average Bonchev–Trinajstić information content (AvgIpc) is 3.04. The lowest BCUT2D eigenvalue weighted by Crippen LogP contribution is -2.22. The summed E-state index contributed by atoms with van der Waals surface area (Å²) in [6.45, 7) is 3.29. The Morgan fingerprint density at radius 2 is 1.70 bits per heavy atom. The van der Waals surface area contributed by atoms with Gasteiger partial charge in [-0.05, 0) is 44.5 Å². The summed E-state index contributed by atoms with van der Waals surface area (Å²) in [5.41, 5.74) is -3.05. The molecule has 7 nitrogen and oxygen atoms in total. The van der Waals surface area contributed by atoms with Crippen molar-refractivity contribution in [2.75, 3.05) is 13.2 Å². The molecule has 0 aliphatic carbocycles. The Morgan fingerprint density at radius 3 is 2.23 bits per heavy atom. The Bertz CT molecular complexity index is 985. The molecule has 162 valence electrons. The summed E-state index contributed by atoms with van der Waals surface area (Å²) in [5.74, 6) is -3.39. The number of carbonyl (C=O) groups is 3. The minimum absolute atomic E-state index is 0.147. The number of carbonyl (C=O) groups excluding carboxylic acids is 3. The number of ketones is 1. The van der Waals surface area contributed by atoms with Crippen LogP contribution in [0.2, 0.25) is 5.02 Å². The van der Waals surface area contributed by atoms with E-state index < -0.39 is 47.4 Å². The lowest BCUT2D eigenvalue weighted by molar-refractivity contribution is -0.138.